The minimum Gasteiger partial charge on any atom is -0.493 e. The van der Waals surface area contributed by atoms with Crippen molar-refractivity contribution in [3.63, 3.8) is 0 Å². The predicted molar refractivity (Wildman–Crippen MR) is 107 cm³/mol. The Balaban J connectivity index is 1.93. The first kappa shape index (κ1) is 18.0. The number of benzene rings is 2. The van der Waals surface area contributed by atoms with Crippen molar-refractivity contribution >= 4 is 22.5 Å². The average molecular weight is 379 g/mol. The summed E-state index contributed by atoms with van der Waals surface area (Å²) in [4.78, 5) is 4.77. The lowest BCUT2D eigenvalue weighted by Gasteiger charge is -2.12. The first-order valence-electron chi connectivity index (χ1n) is 8.86. The van der Waals surface area contributed by atoms with Crippen LogP contribution in [0.25, 0.3) is 27.9 Å². The van der Waals surface area contributed by atoms with Crippen molar-refractivity contribution in [3.8, 4) is 22.9 Å². The summed E-state index contributed by atoms with van der Waals surface area (Å²) in [5.41, 5.74) is 2.42. The average Bonchev–Trinajstić information content (AvgIpc) is 3.19. The number of rotatable bonds is 7. The molecule has 4 rings (SSSR count). The highest BCUT2D eigenvalue weighted by Crippen LogP contribution is 2.33. The van der Waals surface area contributed by atoms with Crippen LogP contribution in [-0.4, -0.2) is 54.1 Å². The topological polar surface area (TPSA) is 82.8 Å². The Morgan fingerprint density at radius 1 is 0.964 bits per heavy atom. The van der Waals surface area contributed by atoms with Gasteiger partial charge in [0.05, 0.1) is 26.3 Å². The van der Waals surface area contributed by atoms with E-state index < -0.39 is 0 Å². The predicted octanol–water partition coefficient (Wildman–Crippen LogP) is 3.02. The Kier molecular flexibility index (Phi) is 4.94. The zero-order valence-corrected chi connectivity index (χ0v) is 16.0. The Bertz CT molecular complexity index is 1130. The van der Waals surface area contributed by atoms with Gasteiger partial charge in [0.15, 0.2) is 23.0 Å². The molecule has 0 aliphatic heterocycles. The zero-order valence-electron chi connectivity index (χ0n) is 16.0. The molecule has 0 radical (unpaired) electrons. The fraction of sp³-hybridized carbons (Fsp3) is 0.250. The molecule has 0 saturated heterocycles. The molecule has 0 aliphatic rings. The number of aromatic nitrogens is 4. The summed E-state index contributed by atoms with van der Waals surface area (Å²) in [6.07, 6.45) is 0. The molecule has 2 aromatic carbocycles. The quantitative estimate of drug-likeness (QED) is 0.494. The van der Waals surface area contributed by atoms with Crippen LogP contribution in [0, 0.1) is 0 Å². The molecule has 0 spiro atoms. The van der Waals surface area contributed by atoms with Crippen LogP contribution in [-0.2, 0) is 4.74 Å². The third kappa shape index (κ3) is 3.07. The number of para-hydroxylation sites is 1. The first-order chi connectivity index (χ1) is 13.8. The van der Waals surface area contributed by atoms with Gasteiger partial charge in [-0.3, -0.25) is 0 Å². The molecule has 1 N–H and O–H groups in total. The molecule has 0 fully saturated rings. The van der Waals surface area contributed by atoms with Gasteiger partial charge < -0.3 is 19.5 Å². The molecular formula is C20H21N5O3. The first-order valence-corrected chi connectivity index (χ1v) is 8.86. The van der Waals surface area contributed by atoms with Crippen molar-refractivity contribution in [2.24, 2.45) is 0 Å². The SMILES string of the molecule is COCCNc1nc2ccccc2c2nnc(-c3ccc(OC)c(OC)c3)n12. The van der Waals surface area contributed by atoms with E-state index in [2.05, 4.69) is 15.5 Å². The van der Waals surface area contributed by atoms with Gasteiger partial charge in [0.25, 0.3) is 0 Å². The number of hydrogen-bond donors (Lipinski definition) is 1. The van der Waals surface area contributed by atoms with Gasteiger partial charge in [0, 0.05) is 24.6 Å². The Morgan fingerprint density at radius 2 is 1.79 bits per heavy atom. The number of nitrogens with one attached hydrogen (secondary N) is 1. The van der Waals surface area contributed by atoms with Crippen molar-refractivity contribution in [2.75, 3.05) is 39.8 Å². The van der Waals surface area contributed by atoms with E-state index in [1.165, 1.54) is 0 Å². The molecule has 8 heteroatoms. The van der Waals surface area contributed by atoms with Gasteiger partial charge in [-0.05, 0) is 30.3 Å². The Hall–Kier alpha value is -3.39. The van der Waals surface area contributed by atoms with E-state index in [-0.39, 0.29) is 0 Å². The maximum absolute atomic E-state index is 5.44. The Morgan fingerprint density at radius 3 is 2.57 bits per heavy atom. The molecule has 0 unspecified atom stereocenters. The van der Waals surface area contributed by atoms with Gasteiger partial charge in [0.1, 0.15) is 0 Å². The second-order valence-electron chi connectivity index (χ2n) is 6.12. The van der Waals surface area contributed by atoms with E-state index in [9.17, 15) is 0 Å². The molecule has 144 valence electrons. The van der Waals surface area contributed by atoms with E-state index in [1.54, 1.807) is 21.3 Å². The molecule has 0 amide bonds. The third-order valence-electron chi connectivity index (χ3n) is 4.48. The summed E-state index contributed by atoms with van der Waals surface area (Å²) in [5, 5.41) is 13.1. The summed E-state index contributed by atoms with van der Waals surface area (Å²) in [7, 11) is 4.88. The molecule has 28 heavy (non-hydrogen) atoms. The highest BCUT2D eigenvalue weighted by Gasteiger charge is 2.17. The monoisotopic (exact) mass is 379 g/mol. The fourth-order valence-electron chi connectivity index (χ4n) is 3.13. The highest BCUT2D eigenvalue weighted by atomic mass is 16.5. The smallest absolute Gasteiger partial charge is 0.211 e. The van der Waals surface area contributed by atoms with Crippen LogP contribution in [0.2, 0.25) is 0 Å². The number of methoxy groups -OCH3 is 3. The number of hydrogen-bond acceptors (Lipinski definition) is 7. The largest absolute Gasteiger partial charge is 0.493 e. The lowest BCUT2D eigenvalue weighted by molar-refractivity contribution is 0.210. The summed E-state index contributed by atoms with van der Waals surface area (Å²) in [6, 6.07) is 13.5. The van der Waals surface area contributed by atoms with Crippen molar-refractivity contribution in [2.45, 2.75) is 0 Å². The van der Waals surface area contributed by atoms with Gasteiger partial charge in [0.2, 0.25) is 5.95 Å². The van der Waals surface area contributed by atoms with Gasteiger partial charge in [-0.25, -0.2) is 9.38 Å². The van der Waals surface area contributed by atoms with E-state index in [1.807, 2.05) is 46.9 Å². The summed E-state index contributed by atoms with van der Waals surface area (Å²) in [5.74, 6) is 2.59. The van der Waals surface area contributed by atoms with E-state index in [0.717, 1.165) is 22.1 Å². The summed E-state index contributed by atoms with van der Waals surface area (Å²) < 4.78 is 17.8. The molecule has 2 heterocycles. The number of fused-ring (bicyclic) bond motifs is 3. The molecule has 0 atom stereocenters. The standard InChI is InChI=1S/C20H21N5O3/c1-26-11-10-21-20-22-15-7-5-4-6-14(15)19-24-23-18(25(19)20)13-8-9-16(27-2)17(12-13)28-3/h4-9,12H,10-11H2,1-3H3,(H,21,22). The second-order valence-corrected chi connectivity index (χ2v) is 6.12. The Labute approximate surface area is 162 Å². The second kappa shape index (κ2) is 7.69. The van der Waals surface area contributed by atoms with Crippen molar-refractivity contribution in [3.05, 3.63) is 42.5 Å². The molecular weight excluding hydrogens is 358 g/mol. The highest BCUT2D eigenvalue weighted by molar-refractivity contribution is 5.93. The van der Waals surface area contributed by atoms with Gasteiger partial charge in [-0.1, -0.05) is 12.1 Å². The minimum atomic E-state index is 0.559. The molecule has 0 saturated carbocycles. The number of ether oxygens (including phenoxy) is 3. The van der Waals surface area contributed by atoms with Crippen LogP contribution in [0.5, 0.6) is 11.5 Å². The van der Waals surface area contributed by atoms with Crippen LogP contribution < -0.4 is 14.8 Å². The molecule has 4 aromatic rings. The van der Waals surface area contributed by atoms with Crippen LogP contribution in [0.4, 0.5) is 5.95 Å². The van der Waals surface area contributed by atoms with Crippen LogP contribution in [0.3, 0.4) is 0 Å². The lowest BCUT2D eigenvalue weighted by atomic mass is 10.2. The van der Waals surface area contributed by atoms with Gasteiger partial charge in [-0.2, -0.15) is 0 Å². The van der Waals surface area contributed by atoms with Gasteiger partial charge >= 0.3 is 0 Å². The molecule has 0 bridgehead atoms. The lowest BCUT2D eigenvalue weighted by Crippen LogP contribution is -2.13. The molecule has 8 nitrogen and oxygen atoms in total. The fourth-order valence-corrected chi connectivity index (χ4v) is 3.13. The van der Waals surface area contributed by atoms with E-state index >= 15 is 0 Å². The molecule has 0 aliphatic carbocycles. The van der Waals surface area contributed by atoms with Crippen LogP contribution in [0.1, 0.15) is 0 Å². The summed E-state index contributed by atoms with van der Waals surface area (Å²) in [6.45, 7) is 1.17. The maximum Gasteiger partial charge on any atom is 0.211 e. The van der Waals surface area contributed by atoms with Crippen LogP contribution >= 0.6 is 0 Å². The third-order valence-corrected chi connectivity index (χ3v) is 4.48. The van der Waals surface area contributed by atoms with E-state index in [4.69, 9.17) is 19.2 Å². The zero-order chi connectivity index (χ0) is 19.5. The normalized spacial score (nSPS) is 11.1. The van der Waals surface area contributed by atoms with E-state index in [0.29, 0.717) is 36.4 Å². The number of anilines is 1. The van der Waals surface area contributed by atoms with Crippen LogP contribution in [0.15, 0.2) is 42.5 Å². The van der Waals surface area contributed by atoms with Gasteiger partial charge in [-0.15, -0.1) is 10.2 Å². The minimum absolute atomic E-state index is 0.559. The maximum atomic E-state index is 5.44. The van der Waals surface area contributed by atoms with Crippen molar-refractivity contribution in [1.29, 1.82) is 0 Å². The van der Waals surface area contributed by atoms with Crippen molar-refractivity contribution < 1.29 is 14.2 Å². The summed E-state index contributed by atoms with van der Waals surface area (Å²) >= 11 is 0. The molecule has 2 aromatic heterocycles. The van der Waals surface area contributed by atoms with Crippen molar-refractivity contribution in [1.82, 2.24) is 19.6 Å². The number of nitrogens with zero attached hydrogens (tertiary/aromatic N) is 4.